The standard InChI is InChI=1S/C15H10B2/c16-9-14-12-7-2-1-5-10(12)11-6-3-4-8-13(11)15(14)17/h1-8H,9H2. The molecule has 2 heteroatoms. The van der Waals surface area contributed by atoms with E-state index in [2.05, 4.69) is 24.3 Å². The van der Waals surface area contributed by atoms with Crippen LogP contribution in [-0.2, 0) is 6.32 Å². The summed E-state index contributed by atoms with van der Waals surface area (Å²) in [5.74, 6) is 0. The molecule has 0 heterocycles. The minimum atomic E-state index is 0.469. The average Bonchev–Trinajstić information content (AvgIpc) is 2.40. The van der Waals surface area contributed by atoms with E-state index < -0.39 is 0 Å². The van der Waals surface area contributed by atoms with E-state index in [0.717, 1.165) is 21.8 Å². The second kappa shape index (κ2) is 3.96. The number of fused-ring (bicyclic) bond motifs is 3. The fourth-order valence-electron chi connectivity index (χ4n) is 2.46. The summed E-state index contributed by atoms with van der Waals surface area (Å²) in [4.78, 5) is 0. The predicted octanol–water partition coefficient (Wildman–Crippen LogP) is 2.46. The van der Waals surface area contributed by atoms with Crippen molar-refractivity contribution in [3.63, 3.8) is 0 Å². The Morgan fingerprint density at radius 1 is 0.706 bits per heavy atom. The maximum absolute atomic E-state index is 6.22. The molecule has 0 spiro atoms. The molecule has 3 aromatic carbocycles. The van der Waals surface area contributed by atoms with Gasteiger partial charge in [0.15, 0.2) is 0 Å². The van der Waals surface area contributed by atoms with Crippen LogP contribution in [0.15, 0.2) is 48.5 Å². The molecule has 0 aliphatic carbocycles. The zero-order chi connectivity index (χ0) is 11.8. The first kappa shape index (κ1) is 10.5. The van der Waals surface area contributed by atoms with Gasteiger partial charge in [0.25, 0.3) is 0 Å². The second-order valence-electron chi connectivity index (χ2n) is 4.19. The van der Waals surface area contributed by atoms with E-state index >= 15 is 0 Å². The highest BCUT2D eigenvalue weighted by Gasteiger charge is 2.08. The van der Waals surface area contributed by atoms with Gasteiger partial charge >= 0.3 is 0 Å². The number of hydrogen-bond donors (Lipinski definition) is 0. The number of benzene rings is 3. The van der Waals surface area contributed by atoms with Gasteiger partial charge in [-0.25, -0.2) is 0 Å². The van der Waals surface area contributed by atoms with Crippen LogP contribution >= 0.6 is 0 Å². The van der Waals surface area contributed by atoms with Gasteiger partial charge in [-0.15, -0.1) is 0 Å². The zero-order valence-electron chi connectivity index (χ0n) is 9.48. The molecule has 0 N–H and O–H groups in total. The Balaban J connectivity index is 2.64. The molecule has 0 aromatic heterocycles. The lowest BCUT2D eigenvalue weighted by Gasteiger charge is -2.14. The second-order valence-corrected chi connectivity index (χ2v) is 4.19. The van der Waals surface area contributed by atoms with Gasteiger partial charge in [0.05, 0.1) is 7.85 Å². The van der Waals surface area contributed by atoms with Crippen LogP contribution in [0.5, 0.6) is 0 Å². The highest BCUT2D eigenvalue weighted by atomic mass is 14.1. The van der Waals surface area contributed by atoms with Crippen molar-refractivity contribution in [3.8, 4) is 0 Å². The van der Waals surface area contributed by atoms with E-state index in [0.29, 0.717) is 6.32 Å². The third-order valence-corrected chi connectivity index (χ3v) is 3.29. The Hall–Kier alpha value is -1.69. The van der Waals surface area contributed by atoms with Gasteiger partial charge in [-0.2, -0.15) is 0 Å². The van der Waals surface area contributed by atoms with Crippen LogP contribution in [0.2, 0.25) is 0 Å². The van der Waals surface area contributed by atoms with E-state index in [1.165, 1.54) is 10.8 Å². The van der Waals surface area contributed by atoms with Gasteiger partial charge in [-0.1, -0.05) is 65.9 Å². The quantitative estimate of drug-likeness (QED) is 0.429. The van der Waals surface area contributed by atoms with Crippen LogP contribution in [0.3, 0.4) is 0 Å². The lowest BCUT2D eigenvalue weighted by Crippen LogP contribution is -2.13. The predicted molar refractivity (Wildman–Crippen MR) is 76.3 cm³/mol. The van der Waals surface area contributed by atoms with Crippen LogP contribution in [0.25, 0.3) is 21.5 Å². The lowest BCUT2D eigenvalue weighted by molar-refractivity contribution is 1.50. The largest absolute Gasteiger partial charge is 0.115 e. The molecule has 3 aromatic rings. The summed E-state index contributed by atoms with van der Waals surface area (Å²) in [5.41, 5.74) is 1.85. The molecule has 17 heavy (non-hydrogen) atoms. The van der Waals surface area contributed by atoms with Crippen molar-refractivity contribution < 1.29 is 0 Å². The molecule has 0 saturated heterocycles. The third-order valence-electron chi connectivity index (χ3n) is 3.29. The zero-order valence-corrected chi connectivity index (χ0v) is 9.48. The Bertz CT molecular complexity index is 702. The maximum atomic E-state index is 6.22. The van der Waals surface area contributed by atoms with Crippen molar-refractivity contribution >= 4 is 42.7 Å². The van der Waals surface area contributed by atoms with Gasteiger partial charge in [0, 0.05) is 0 Å². The number of hydrogen-bond acceptors (Lipinski definition) is 0. The van der Waals surface area contributed by atoms with E-state index in [1.807, 2.05) is 24.3 Å². The van der Waals surface area contributed by atoms with E-state index in [9.17, 15) is 0 Å². The van der Waals surface area contributed by atoms with E-state index in [4.69, 9.17) is 15.7 Å². The van der Waals surface area contributed by atoms with E-state index in [1.54, 1.807) is 0 Å². The molecular formula is C15H10B2. The molecule has 0 aliphatic rings. The first-order valence-electron chi connectivity index (χ1n) is 5.71. The van der Waals surface area contributed by atoms with Gasteiger partial charge in [-0.3, -0.25) is 0 Å². The molecule has 0 amide bonds. The Morgan fingerprint density at radius 3 is 1.76 bits per heavy atom. The van der Waals surface area contributed by atoms with E-state index in [-0.39, 0.29) is 0 Å². The topological polar surface area (TPSA) is 0 Å². The molecular weight excluding hydrogens is 202 g/mol. The Kier molecular flexibility index (Phi) is 2.44. The van der Waals surface area contributed by atoms with Crippen molar-refractivity contribution in [2.75, 3.05) is 0 Å². The SMILES string of the molecule is [B]Cc1c([B])c2ccccc2c2ccccc12. The molecule has 3 rings (SSSR count). The Morgan fingerprint density at radius 2 is 1.18 bits per heavy atom. The van der Waals surface area contributed by atoms with Crippen molar-refractivity contribution in [1.82, 2.24) is 0 Å². The summed E-state index contributed by atoms with van der Waals surface area (Å²) >= 11 is 0. The van der Waals surface area contributed by atoms with Gasteiger partial charge in [-0.05, 0) is 21.5 Å². The van der Waals surface area contributed by atoms with Gasteiger partial charge in [0.1, 0.15) is 7.85 Å². The normalized spacial score (nSPS) is 11.1. The fraction of sp³-hybridized carbons (Fsp3) is 0.0667. The molecule has 0 fully saturated rings. The first-order chi connectivity index (χ1) is 8.33. The lowest BCUT2D eigenvalue weighted by atomic mass is 9.77. The smallest absolute Gasteiger partial charge is 0.0860 e. The summed E-state index contributed by atoms with van der Waals surface area (Å²) in [7, 11) is 12.0. The van der Waals surface area contributed by atoms with Crippen molar-refractivity contribution in [3.05, 3.63) is 54.1 Å². The van der Waals surface area contributed by atoms with Crippen molar-refractivity contribution in [2.24, 2.45) is 0 Å². The Labute approximate surface area is 103 Å². The third kappa shape index (κ3) is 1.48. The molecule has 0 unspecified atom stereocenters. The van der Waals surface area contributed by atoms with Crippen molar-refractivity contribution in [2.45, 2.75) is 6.32 Å². The molecule has 0 atom stereocenters. The van der Waals surface area contributed by atoms with Gasteiger partial charge < -0.3 is 0 Å². The monoisotopic (exact) mass is 212 g/mol. The van der Waals surface area contributed by atoms with Crippen LogP contribution in [-0.4, -0.2) is 15.7 Å². The van der Waals surface area contributed by atoms with Crippen LogP contribution in [0.4, 0.5) is 0 Å². The summed E-state index contributed by atoms with van der Waals surface area (Å²) in [5, 5.41) is 4.66. The molecule has 0 bridgehead atoms. The summed E-state index contributed by atoms with van der Waals surface area (Å²) < 4.78 is 0. The van der Waals surface area contributed by atoms with Crippen molar-refractivity contribution in [1.29, 1.82) is 0 Å². The molecule has 0 aliphatic heterocycles. The van der Waals surface area contributed by atoms with Crippen LogP contribution in [0, 0.1) is 0 Å². The minimum Gasteiger partial charge on any atom is -0.0860 e. The summed E-state index contributed by atoms with van der Waals surface area (Å²) in [6.07, 6.45) is 0.469. The highest BCUT2D eigenvalue weighted by molar-refractivity contribution is 6.43. The first-order valence-corrected chi connectivity index (χ1v) is 5.71. The highest BCUT2D eigenvalue weighted by Crippen LogP contribution is 2.26. The molecule has 76 valence electrons. The fourth-order valence-corrected chi connectivity index (χ4v) is 2.46. The molecule has 0 saturated carbocycles. The number of rotatable bonds is 1. The minimum absolute atomic E-state index is 0.469. The van der Waals surface area contributed by atoms with Gasteiger partial charge in [0.2, 0.25) is 0 Å². The summed E-state index contributed by atoms with van der Waals surface area (Å²) in [6, 6.07) is 16.5. The molecule has 0 nitrogen and oxygen atoms in total. The molecule has 4 radical (unpaired) electrons. The summed E-state index contributed by atoms with van der Waals surface area (Å²) in [6.45, 7) is 0. The average molecular weight is 212 g/mol. The maximum Gasteiger partial charge on any atom is 0.115 e. The van der Waals surface area contributed by atoms with Crippen LogP contribution in [0.1, 0.15) is 5.56 Å². The van der Waals surface area contributed by atoms with Crippen LogP contribution < -0.4 is 5.46 Å².